The van der Waals surface area contributed by atoms with E-state index in [1.807, 2.05) is 60.7 Å². The first kappa shape index (κ1) is 16.5. The summed E-state index contributed by atoms with van der Waals surface area (Å²) in [6.07, 6.45) is 7.49. The third-order valence-corrected chi connectivity index (χ3v) is 4.90. The van der Waals surface area contributed by atoms with E-state index in [1.54, 1.807) is 10.9 Å². The molecule has 0 bridgehead atoms. The van der Waals surface area contributed by atoms with Crippen molar-refractivity contribution in [2.45, 2.75) is 12.5 Å². The Hall–Kier alpha value is -2.93. The van der Waals surface area contributed by atoms with E-state index in [0.717, 1.165) is 23.4 Å². The van der Waals surface area contributed by atoms with E-state index in [0.29, 0.717) is 13.1 Å². The van der Waals surface area contributed by atoms with Gasteiger partial charge in [-0.3, -0.25) is 9.48 Å². The molecule has 134 valence electrons. The Kier molecular flexibility index (Phi) is 4.53. The number of amides is 1. The van der Waals surface area contributed by atoms with Crippen LogP contribution in [0, 0.1) is 5.92 Å². The monoisotopic (exact) mass is 350 g/mol. The van der Waals surface area contributed by atoms with Crippen LogP contribution in [0.4, 0.5) is 0 Å². The summed E-state index contributed by atoms with van der Waals surface area (Å²) in [5.41, 5.74) is 3.12. The molecule has 2 atom stereocenters. The Morgan fingerprint density at radius 3 is 2.92 bits per heavy atom. The summed E-state index contributed by atoms with van der Waals surface area (Å²) < 4.78 is 3.60. The largest absolute Gasteiger partial charge is 0.352 e. The molecule has 2 N–H and O–H groups in total. The van der Waals surface area contributed by atoms with E-state index in [-0.39, 0.29) is 17.7 Å². The number of carbonyl (C=O) groups is 1. The van der Waals surface area contributed by atoms with Gasteiger partial charge in [0.1, 0.15) is 0 Å². The van der Waals surface area contributed by atoms with Gasteiger partial charge in [-0.15, -0.1) is 0 Å². The molecule has 7 nitrogen and oxygen atoms in total. The third kappa shape index (κ3) is 3.25. The van der Waals surface area contributed by atoms with E-state index in [2.05, 4.69) is 20.8 Å². The van der Waals surface area contributed by atoms with Crippen LogP contribution < -0.4 is 10.6 Å². The van der Waals surface area contributed by atoms with Crippen LogP contribution in [0.3, 0.4) is 0 Å². The molecule has 3 aromatic rings. The van der Waals surface area contributed by atoms with Crippen LogP contribution in [0.5, 0.6) is 0 Å². The van der Waals surface area contributed by atoms with Crippen LogP contribution in [0.2, 0.25) is 0 Å². The van der Waals surface area contributed by atoms with Crippen molar-refractivity contribution in [3.8, 4) is 5.69 Å². The zero-order valence-electron chi connectivity index (χ0n) is 14.7. The maximum absolute atomic E-state index is 12.8. The van der Waals surface area contributed by atoms with Crippen molar-refractivity contribution in [2.75, 3.05) is 13.1 Å². The fraction of sp³-hybridized carbons (Fsp3) is 0.316. The van der Waals surface area contributed by atoms with Crippen LogP contribution in [-0.4, -0.2) is 38.6 Å². The van der Waals surface area contributed by atoms with Crippen LogP contribution >= 0.6 is 0 Å². The molecule has 1 aromatic carbocycles. The second-order valence-electron chi connectivity index (χ2n) is 6.62. The number of carbonyl (C=O) groups excluding carboxylic acids is 1. The molecule has 4 rings (SSSR count). The molecule has 0 aliphatic carbocycles. The first-order valence-corrected chi connectivity index (χ1v) is 8.77. The zero-order chi connectivity index (χ0) is 17.9. The van der Waals surface area contributed by atoms with E-state index < -0.39 is 0 Å². The third-order valence-electron chi connectivity index (χ3n) is 4.90. The smallest absolute Gasteiger partial charge is 0.225 e. The normalized spacial score (nSPS) is 19.6. The highest BCUT2D eigenvalue weighted by molar-refractivity contribution is 5.80. The van der Waals surface area contributed by atoms with Crippen molar-refractivity contribution in [3.63, 3.8) is 0 Å². The summed E-state index contributed by atoms with van der Waals surface area (Å²) in [5, 5.41) is 15.0. The minimum Gasteiger partial charge on any atom is -0.352 e. The molecule has 1 saturated heterocycles. The highest BCUT2D eigenvalue weighted by Gasteiger charge is 2.34. The molecule has 2 aromatic heterocycles. The molecular formula is C19H22N6O. The summed E-state index contributed by atoms with van der Waals surface area (Å²) in [5.74, 6) is 0.139. The van der Waals surface area contributed by atoms with E-state index in [1.165, 1.54) is 0 Å². The van der Waals surface area contributed by atoms with Gasteiger partial charge in [0.25, 0.3) is 0 Å². The molecule has 0 radical (unpaired) electrons. The summed E-state index contributed by atoms with van der Waals surface area (Å²) in [6.45, 7) is 1.96. The minimum atomic E-state index is -0.0870. The number of benzene rings is 1. The molecular weight excluding hydrogens is 328 g/mol. The van der Waals surface area contributed by atoms with Gasteiger partial charge in [-0.25, -0.2) is 4.68 Å². The highest BCUT2D eigenvalue weighted by Crippen LogP contribution is 2.28. The fourth-order valence-corrected chi connectivity index (χ4v) is 3.54. The van der Waals surface area contributed by atoms with Crippen LogP contribution in [0.1, 0.15) is 17.0 Å². The van der Waals surface area contributed by atoms with Crippen LogP contribution in [0.25, 0.3) is 5.69 Å². The lowest BCUT2D eigenvalue weighted by Gasteiger charge is -2.18. The molecule has 0 saturated carbocycles. The topological polar surface area (TPSA) is 76.8 Å². The Morgan fingerprint density at radius 1 is 1.27 bits per heavy atom. The number of aryl methyl sites for hydroxylation is 1. The number of aromatic nitrogens is 4. The van der Waals surface area contributed by atoms with Crippen molar-refractivity contribution in [1.29, 1.82) is 0 Å². The number of rotatable bonds is 5. The number of hydrogen-bond donors (Lipinski definition) is 2. The summed E-state index contributed by atoms with van der Waals surface area (Å²) in [4.78, 5) is 12.8. The van der Waals surface area contributed by atoms with Gasteiger partial charge in [0.2, 0.25) is 5.91 Å². The Morgan fingerprint density at radius 2 is 2.15 bits per heavy atom. The number of para-hydroxylation sites is 1. The first-order chi connectivity index (χ1) is 12.7. The lowest BCUT2D eigenvalue weighted by molar-refractivity contribution is -0.125. The van der Waals surface area contributed by atoms with Gasteiger partial charge in [0, 0.05) is 51.2 Å². The number of hydrogen-bond acceptors (Lipinski definition) is 4. The lowest BCUT2D eigenvalue weighted by Crippen LogP contribution is -2.34. The van der Waals surface area contributed by atoms with E-state index in [9.17, 15) is 4.79 Å². The second-order valence-corrected chi connectivity index (χ2v) is 6.62. The molecule has 26 heavy (non-hydrogen) atoms. The van der Waals surface area contributed by atoms with Crippen LogP contribution in [-0.2, 0) is 18.4 Å². The standard InChI is InChI=1S/C19H22N6O/c1-24-13-15(10-23-24)16-11-20-12-17(16)19(26)21-9-14-5-2-3-6-18(14)25-8-4-7-22-25/h2-8,10,13,16-17,20H,9,11-12H2,1H3,(H,21,26)/t16-,17+/m1/s1. The van der Waals surface area contributed by atoms with Crippen molar-refractivity contribution in [2.24, 2.45) is 13.0 Å². The maximum atomic E-state index is 12.8. The molecule has 1 amide bonds. The second kappa shape index (κ2) is 7.13. The van der Waals surface area contributed by atoms with Gasteiger partial charge in [-0.2, -0.15) is 10.2 Å². The quantitative estimate of drug-likeness (QED) is 0.726. The van der Waals surface area contributed by atoms with Gasteiger partial charge in [0.05, 0.1) is 17.8 Å². The Bertz CT molecular complexity index is 885. The van der Waals surface area contributed by atoms with E-state index >= 15 is 0 Å². The minimum absolute atomic E-state index is 0.0686. The van der Waals surface area contributed by atoms with Gasteiger partial charge in [-0.1, -0.05) is 18.2 Å². The fourth-order valence-electron chi connectivity index (χ4n) is 3.54. The number of nitrogens with zero attached hydrogens (tertiary/aromatic N) is 4. The molecule has 7 heteroatoms. The highest BCUT2D eigenvalue weighted by atomic mass is 16.1. The van der Waals surface area contributed by atoms with Crippen molar-refractivity contribution in [1.82, 2.24) is 30.2 Å². The summed E-state index contributed by atoms with van der Waals surface area (Å²) in [6, 6.07) is 9.86. The molecule has 3 heterocycles. The summed E-state index contributed by atoms with van der Waals surface area (Å²) in [7, 11) is 1.90. The first-order valence-electron chi connectivity index (χ1n) is 8.77. The molecule has 1 aliphatic rings. The van der Waals surface area contributed by atoms with Crippen molar-refractivity contribution in [3.05, 3.63) is 66.2 Å². The lowest BCUT2D eigenvalue weighted by atomic mass is 9.90. The average Bonchev–Trinajstić information content (AvgIpc) is 3.40. The SMILES string of the molecule is Cn1cc([C@H]2CNC[C@@H]2C(=O)NCc2ccccc2-n2cccn2)cn1. The van der Waals surface area contributed by atoms with Gasteiger partial charge >= 0.3 is 0 Å². The molecule has 1 fully saturated rings. The zero-order valence-corrected chi connectivity index (χ0v) is 14.7. The Labute approximate surface area is 152 Å². The average molecular weight is 350 g/mol. The predicted octanol–water partition coefficient (Wildman–Crippen LogP) is 1.23. The molecule has 0 unspecified atom stereocenters. The van der Waals surface area contributed by atoms with Crippen LogP contribution in [0.15, 0.2) is 55.1 Å². The van der Waals surface area contributed by atoms with E-state index in [4.69, 9.17) is 0 Å². The molecule has 0 spiro atoms. The predicted molar refractivity (Wildman–Crippen MR) is 97.7 cm³/mol. The van der Waals surface area contributed by atoms with Crippen molar-refractivity contribution < 1.29 is 4.79 Å². The van der Waals surface area contributed by atoms with Gasteiger partial charge < -0.3 is 10.6 Å². The maximum Gasteiger partial charge on any atom is 0.225 e. The Balaban J connectivity index is 1.46. The van der Waals surface area contributed by atoms with Gasteiger partial charge in [0.15, 0.2) is 0 Å². The van der Waals surface area contributed by atoms with Crippen molar-refractivity contribution >= 4 is 5.91 Å². The molecule has 1 aliphatic heterocycles. The number of nitrogens with one attached hydrogen (secondary N) is 2. The summed E-state index contributed by atoms with van der Waals surface area (Å²) >= 11 is 0. The van der Waals surface area contributed by atoms with Gasteiger partial charge in [-0.05, 0) is 23.3 Å².